The summed E-state index contributed by atoms with van der Waals surface area (Å²) in [5.74, 6) is 3.59. The second-order valence-corrected chi connectivity index (χ2v) is 3.27. The molecule has 1 rings (SSSR count). The maximum Gasteiger partial charge on any atom is 0.416 e. The fraction of sp³-hybridized carbons (Fsp3) is 0.250. The molecule has 2 nitrogen and oxygen atoms in total. The normalized spacial score (nSPS) is 10.4. The first kappa shape index (κ1) is 13.1. The van der Waals surface area contributed by atoms with Crippen LogP contribution in [0.5, 0.6) is 0 Å². The molecule has 0 spiro atoms. The van der Waals surface area contributed by atoms with Gasteiger partial charge in [-0.05, 0) is 24.6 Å². The van der Waals surface area contributed by atoms with E-state index in [1.54, 1.807) is 0 Å². The first-order valence-corrected chi connectivity index (χ1v) is 4.62. The van der Waals surface area contributed by atoms with Crippen molar-refractivity contribution in [3.8, 4) is 11.8 Å². The Kier molecular flexibility index (Phi) is 3.79. The van der Waals surface area contributed by atoms with Gasteiger partial charge in [-0.1, -0.05) is 12.0 Å². The van der Waals surface area contributed by atoms with Crippen LogP contribution in [0, 0.1) is 18.8 Å². The van der Waals surface area contributed by atoms with E-state index >= 15 is 0 Å². The number of aryl methyl sites for hydroxylation is 1. The zero-order valence-electron chi connectivity index (χ0n) is 9.18. The van der Waals surface area contributed by atoms with Gasteiger partial charge in [0.15, 0.2) is 0 Å². The Balaban J connectivity index is 3.12. The summed E-state index contributed by atoms with van der Waals surface area (Å²) in [5, 5.41) is 0. The minimum absolute atomic E-state index is 0.112. The van der Waals surface area contributed by atoms with Crippen LogP contribution in [0.2, 0.25) is 0 Å². The lowest BCUT2D eigenvalue weighted by atomic mass is 10.0. The smallest absolute Gasteiger partial charge is 0.416 e. The lowest BCUT2D eigenvalue weighted by Crippen LogP contribution is -2.07. The number of rotatable bonds is 0. The highest BCUT2D eigenvalue weighted by molar-refractivity contribution is 5.89. The molecule has 5 heteroatoms. The van der Waals surface area contributed by atoms with Crippen LogP contribution in [0.15, 0.2) is 18.2 Å². The van der Waals surface area contributed by atoms with E-state index < -0.39 is 17.7 Å². The Labute approximate surface area is 96.4 Å². The Morgan fingerprint density at radius 2 is 2.00 bits per heavy atom. The van der Waals surface area contributed by atoms with Gasteiger partial charge in [0.1, 0.15) is 0 Å². The van der Waals surface area contributed by atoms with E-state index in [1.807, 2.05) is 0 Å². The van der Waals surface area contributed by atoms with Crippen molar-refractivity contribution >= 4 is 5.97 Å². The van der Waals surface area contributed by atoms with Crippen LogP contribution in [0.1, 0.15) is 16.7 Å². The molecule has 0 aliphatic carbocycles. The molecule has 0 saturated heterocycles. The molecule has 0 fully saturated rings. The van der Waals surface area contributed by atoms with Gasteiger partial charge < -0.3 is 4.74 Å². The van der Waals surface area contributed by atoms with Crippen molar-refractivity contribution in [1.29, 1.82) is 0 Å². The summed E-state index contributed by atoms with van der Waals surface area (Å²) in [6, 6.07) is 3.63. The van der Waals surface area contributed by atoms with Crippen molar-refractivity contribution in [3.63, 3.8) is 0 Å². The predicted octanol–water partition coefficient (Wildman–Crippen LogP) is 2.54. The minimum Gasteiger partial charge on any atom is -0.459 e. The lowest BCUT2D eigenvalue weighted by molar-refractivity contribution is -0.138. The molecular weight excluding hydrogens is 233 g/mol. The predicted molar refractivity (Wildman–Crippen MR) is 55.1 cm³/mol. The summed E-state index contributed by atoms with van der Waals surface area (Å²) in [5.41, 5.74) is -0.524. The van der Waals surface area contributed by atoms with E-state index in [0.717, 1.165) is 13.2 Å². The van der Waals surface area contributed by atoms with Gasteiger partial charge in [0.2, 0.25) is 0 Å². The van der Waals surface area contributed by atoms with Crippen molar-refractivity contribution in [2.24, 2.45) is 0 Å². The molecule has 0 aliphatic rings. The van der Waals surface area contributed by atoms with E-state index in [2.05, 4.69) is 16.6 Å². The van der Waals surface area contributed by atoms with Crippen molar-refractivity contribution < 1.29 is 22.7 Å². The third-order valence-corrected chi connectivity index (χ3v) is 2.04. The number of carbonyl (C=O) groups is 1. The number of benzene rings is 1. The molecule has 17 heavy (non-hydrogen) atoms. The molecule has 0 N–H and O–H groups in total. The van der Waals surface area contributed by atoms with Crippen LogP contribution in [0.3, 0.4) is 0 Å². The topological polar surface area (TPSA) is 26.3 Å². The largest absolute Gasteiger partial charge is 0.459 e. The van der Waals surface area contributed by atoms with Crippen LogP contribution in [0.25, 0.3) is 0 Å². The monoisotopic (exact) mass is 242 g/mol. The number of esters is 1. The van der Waals surface area contributed by atoms with Crippen molar-refractivity contribution in [2.45, 2.75) is 13.1 Å². The average Bonchev–Trinajstić information content (AvgIpc) is 2.26. The maximum absolute atomic E-state index is 12.6. The van der Waals surface area contributed by atoms with E-state index in [4.69, 9.17) is 0 Å². The molecule has 0 heterocycles. The Morgan fingerprint density at radius 3 is 2.53 bits per heavy atom. The number of halogens is 3. The van der Waals surface area contributed by atoms with Gasteiger partial charge in [-0.2, -0.15) is 13.2 Å². The fourth-order valence-electron chi connectivity index (χ4n) is 1.18. The van der Waals surface area contributed by atoms with E-state index in [0.29, 0.717) is 0 Å². The maximum atomic E-state index is 12.6. The molecule has 0 atom stereocenters. The first-order chi connectivity index (χ1) is 7.84. The van der Waals surface area contributed by atoms with Gasteiger partial charge in [0.05, 0.1) is 12.7 Å². The van der Waals surface area contributed by atoms with Crippen LogP contribution in [-0.4, -0.2) is 13.1 Å². The zero-order valence-corrected chi connectivity index (χ0v) is 9.18. The highest BCUT2D eigenvalue weighted by Gasteiger charge is 2.32. The third-order valence-electron chi connectivity index (χ3n) is 2.04. The highest BCUT2D eigenvalue weighted by atomic mass is 19.4. The summed E-state index contributed by atoms with van der Waals surface area (Å²) >= 11 is 0. The average molecular weight is 242 g/mol. The van der Waals surface area contributed by atoms with E-state index in [9.17, 15) is 18.0 Å². The van der Waals surface area contributed by atoms with E-state index in [1.165, 1.54) is 19.1 Å². The molecule has 0 amide bonds. The minimum atomic E-state index is -4.42. The second kappa shape index (κ2) is 4.91. The number of hydrogen-bond donors (Lipinski definition) is 0. The van der Waals surface area contributed by atoms with Gasteiger partial charge in [-0.25, -0.2) is 4.79 Å². The molecule has 0 bridgehead atoms. The van der Waals surface area contributed by atoms with E-state index in [-0.39, 0.29) is 11.1 Å². The van der Waals surface area contributed by atoms with Crippen LogP contribution < -0.4 is 0 Å². The number of alkyl halides is 3. The molecule has 0 aromatic heterocycles. The molecule has 1 aromatic rings. The molecule has 0 aliphatic heterocycles. The summed E-state index contributed by atoms with van der Waals surface area (Å²) in [6.07, 6.45) is -4.42. The quantitative estimate of drug-likeness (QED) is 0.516. The van der Waals surface area contributed by atoms with Crippen molar-refractivity contribution in [1.82, 2.24) is 0 Å². The first-order valence-electron chi connectivity index (χ1n) is 4.62. The standard InChI is InChI=1S/C12H9F3O2/c1-8-3-4-9(5-6-11(16)17-2)7-10(8)12(13,14)15/h3-4,7H,1-2H3. The number of carbonyl (C=O) groups excluding carboxylic acids is 1. The SMILES string of the molecule is COC(=O)C#Cc1ccc(C)c(C(F)(F)F)c1. The molecule has 90 valence electrons. The number of hydrogen-bond acceptors (Lipinski definition) is 2. The molecule has 1 aromatic carbocycles. The van der Waals surface area contributed by atoms with Crippen LogP contribution in [-0.2, 0) is 15.7 Å². The number of methoxy groups -OCH3 is 1. The molecular formula is C12H9F3O2. The Bertz CT molecular complexity index is 493. The Hall–Kier alpha value is -1.96. The van der Waals surface area contributed by atoms with Crippen LogP contribution >= 0.6 is 0 Å². The lowest BCUT2D eigenvalue weighted by Gasteiger charge is -2.09. The molecule has 0 saturated carbocycles. The van der Waals surface area contributed by atoms with Gasteiger partial charge in [-0.3, -0.25) is 0 Å². The van der Waals surface area contributed by atoms with Gasteiger partial charge in [-0.15, -0.1) is 0 Å². The van der Waals surface area contributed by atoms with Crippen LogP contribution in [0.4, 0.5) is 13.2 Å². The third kappa shape index (κ3) is 3.52. The highest BCUT2D eigenvalue weighted by Crippen LogP contribution is 2.32. The van der Waals surface area contributed by atoms with Gasteiger partial charge >= 0.3 is 12.1 Å². The number of ether oxygens (including phenoxy) is 1. The summed E-state index contributed by atoms with van der Waals surface area (Å²) < 4.78 is 41.9. The molecule has 0 unspecified atom stereocenters. The van der Waals surface area contributed by atoms with Crippen molar-refractivity contribution in [2.75, 3.05) is 7.11 Å². The molecule has 0 radical (unpaired) electrons. The summed E-state index contributed by atoms with van der Waals surface area (Å²) in [4.78, 5) is 10.7. The fourth-order valence-corrected chi connectivity index (χ4v) is 1.18. The van der Waals surface area contributed by atoms with Gasteiger partial charge in [0.25, 0.3) is 0 Å². The summed E-state index contributed by atoms with van der Waals surface area (Å²) in [7, 11) is 1.15. The summed E-state index contributed by atoms with van der Waals surface area (Å²) in [6.45, 7) is 1.36. The second-order valence-electron chi connectivity index (χ2n) is 3.27. The van der Waals surface area contributed by atoms with Gasteiger partial charge in [0, 0.05) is 11.5 Å². The zero-order chi connectivity index (χ0) is 13.1. The van der Waals surface area contributed by atoms with Crippen molar-refractivity contribution in [3.05, 3.63) is 34.9 Å². The Morgan fingerprint density at radius 1 is 1.35 bits per heavy atom.